The minimum Gasteiger partial charge on any atom is -0.358 e. The number of aromatic amines is 1. The van der Waals surface area contributed by atoms with Gasteiger partial charge in [0.1, 0.15) is 23.7 Å². The minimum absolute atomic E-state index is 0.0593. The number of carbonyl (C=O) groups excluding carboxylic acids is 4. The van der Waals surface area contributed by atoms with Crippen molar-refractivity contribution in [1.29, 1.82) is 0 Å². The Hall–Kier alpha value is -4.75. The van der Waals surface area contributed by atoms with Crippen molar-refractivity contribution >= 4 is 40.0 Å². The van der Waals surface area contributed by atoms with E-state index in [0.717, 1.165) is 6.07 Å². The van der Waals surface area contributed by atoms with Gasteiger partial charge in [-0.3, -0.25) is 19.2 Å². The van der Waals surface area contributed by atoms with Crippen LogP contribution >= 0.6 is 0 Å². The van der Waals surface area contributed by atoms with Crippen molar-refractivity contribution in [2.75, 3.05) is 13.1 Å². The van der Waals surface area contributed by atoms with Crippen molar-refractivity contribution in [3.63, 3.8) is 0 Å². The van der Waals surface area contributed by atoms with Crippen LogP contribution in [-0.4, -0.2) is 52.7 Å². The molecular weight excluding hydrogens is 692 g/mol. The predicted octanol–water partition coefficient (Wildman–Crippen LogP) is 7.09. The number of nitrogens with zero attached hydrogens (tertiary/aromatic N) is 3. The number of para-hydroxylation sites is 1. The van der Waals surface area contributed by atoms with Crippen LogP contribution in [0.15, 0.2) is 57.9 Å². The van der Waals surface area contributed by atoms with Gasteiger partial charge in [0, 0.05) is 48.6 Å². The molecule has 0 fully saturated rings. The molecule has 14 heteroatoms. The molecule has 0 spiro atoms. The Morgan fingerprint density at radius 2 is 1.64 bits per heavy atom. The number of rotatable bonds is 16. The molecule has 1 aromatic heterocycles. The molecule has 3 aromatic rings. The summed E-state index contributed by atoms with van der Waals surface area (Å²) >= 11 is 0. The largest absolute Gasteiger partial charge is 0.418 e. The average Bonchev–Trinajstić information content (AvgIpc) is 3.79. The molecule has 3 N–H and O–H groups in total. The van der Waals surface area contributed by atoms with Gasteiger partial charge in [-0.15, -0.1) is 5.10 Å². The van der Waals surface area contributed by atoms with Gasteiger partial charge in [0.05, 0.1) is 23.3 Å². The highest BCUT2D eigenvalue weighted by molar-refractivity contribution is 5.99. The van der Waals surface area contributed by atoms with Gasteiger partial charge in [0.25, 0.3) is 0 Å². The van der Waals surface area contributed by atoms with Crippen molar-refractivity contribution in [2.24, 2.45) is 39.1 Å². The van der Waals surface area contributed by atoms with Crippen LogP contribution in [0, 0.1) is 29.5 Å². The number of hydrogen-bond donors (Lipinski definition) is 3. The SMILES string of the molecule is CCC(C)[C@H](CC(=O)[C@@]1(NC(=O)[C@@H](CC(=O)Cc2ccccc2F)C(C)CC)CCc2[nH]c3c(C(F)(F)F)cccc3c2C1)C(=O)NCC1=NN=NC1. The summed E-state index contributed by atoms with van der Waals surface area (Å²) in [5, 5.41) is 17.4. The van der Waals surface area contributed by atoms with Gasteiger partial charge in [0.2, 0.25) is 11.8 Å². The standard InChI is InChI=1S/C39H46F4N6O4/c1-5-22(3)28(17-26(50)16-24-10-7-8-13-32(24)40)37(53)47-38(34(51)18-29(23(4)6-2)36(52)44-20-25-21-45-49-48-25)15-14-33-30(19-38)27-11-9-12-31(35(27)46-33)39(41,42)43/h7-13,22-23,28-29,46H,5-6,14-21H2,1-4H3,(H,44,52)(H,47,53)/t22?,23?,28-,29-,38+/m0/s1. The van der Waals surface area contributed by atoms with E-state index in [1.807, 2.05) is 27.7 Å². The highest BCUT2D eigenvalue weighted by Gasteiger charge is 2.47. The molecule has 5 rings (SSSR count). The predicted molar refractivity (Wildman–Crippen MR) is 192 cm³/mol. The summed E-state index contributed by atoms with van der Waals surface area (Å²) in [6.45, 7) is 7.82. The first-order valence-electron chi connectivity index (χ1n) is 18.2. The molecule has 10 nitrogen and oxygen atoms in total. The second-order valence-electron chi connectivity index (χ2n) is 14.5. The van der Waals surface area contributed by atoms with Crippen molar-refractivity contribution in [3.05, 3.63) is 70.7 Å². The fourth-order valence-corrected chi connectivity index (χ4v) is 7.34. The number of aryl methyl sites for hydroxylation is 1. The summed E-state index contributed by atoms with van der Waals surface area (Å²) in [5.41, 5.74) is -0.724. The van der Waals surface area contributed by atoms with Crippen molar-refractivity contribution < 1.29 is 36.7 Å². The smallest absolute Gasteiger partial charge is 0.358 e. The van der Waals surface area contributed by atoms with Gasteiger partial charge < -0.3 is 15.6 Å². The molecule has 0 radical (unpaired) electrons. The van der Waals surface area contributed by atoms with Crippen molar-refractivity contribution in [3.8, 4) is 0 Å². The van der Waals surface area contributed by atoms with Gasteiger partial charge in [-0.25, -0.2) is 4.39 Å². The summed E-state index contributed by atoms with van der Waals surface area (Å²) < 4.78 is 56.6. The van der Waals surface area contributed by atoms with E-state index in [9.17, 15) is 36.7 Å². The van der Waals surface area contributed by atoms with Crippen LogP contribution in [0.5, 0.6) is 0 Å². The molecule has 2 unspecified atom stereocenters. The van der Waals surface area contributed by atoms with Crippen LogP contribution in [-0.2, 0) is 44.6 Å². The summed E-state index contributed by atoms with van der Waals surface area (Å²) in [5.74, 6) is -4.43. The zero-order chi connectivity index (χ0) is 38.5. The monoisotopic (exact) mass is 738 g/mol. The van der Waals surface area contributed by atoms with Crippen LogP contribution in [0.25, 0.3) is 10.9 Å². The van der Waals surface area contributed by atoms with Gasteiger partial charge in [0.15, 0.2) is 5.78 Å². The summed E-state index contributed by atoms with van der Waals surface area (Å²) in [6, 6.07) is 9.79. The molecule has 2 aliphatic rings. The summed E-state index contributed by atoms with van der Waals surface area (Å²) in [6.07, 6.45) is -4.08. The van der Waals surface area contributed by atoms with E-state index < -0.39 is 46.6 Å². The number of benzene rings is 2. The van der Waals surface area contributed by atoms with Gasteiger partial charge in [-0.2, -0.15) is 18.3 Å². The number of ketones is 2. The maximum absolute atomic E-state index is 14.8. The summed E-state index contributed by atoms with van der Waals surface area (Å²) in [7, 11) is 0. The van der Waals surface area contributed by atoms with Crippen LogP contribution in [0.2, 0.25) is 0 Å². The number of amides is 2. The Morgan fingerprint density at radius 3 is 2.28 bits per heavy atom. The maximum atomic E-state index is 14.8. The van der Waals surface area contributed by atoms with Crippen LogP contribution < -0.4 is 10.6 Å². The first kappa shape index (κ1) is 39.5. The number of fused-ring (bicyclic) bond motifs is 3. The van der Waals surface area contributed by atoms with E-state index in [2.05, 4.69) is 31.1 Å². The molecule has 2 heterocycles. The minimum atomic E-state index is -4.63. The number of carbonyl (C=O) groups is 4. The molecule has 5 atom stereocenters. The number of H-pyrrole nitrogens is 1. The number of nitrogens with one attached hydrogen (secondary N) is 3. The van der Waals surface area contributed by atoms with Crippen LogP contribution in [0.4, 0.5) is 17.6 Å². The third-order valence-electron chi connectivity index (χ3n) is 11.0. The third-order valence-corrected chi connectivity index (χ3v) is 11.0. The van der Waals surface area contributed by atoms with Gasteiger partial charge in [-0.05, 0) is 53.2 Å². The van der Waals surface area contributed by atoms with E-state index in [-0.39, 0.29) is 86.2 Å². The number of Topliss-reactive ketones (excluding diaryl/α,β-unsaturated/α-hetero) is 2. The van der Waals surface area contributed by atoms with Crippen molar-refractivity contribution in [1.82, 2.24) is 15.6 Å². The highest BCUT2D eigenvalue weighted by atomic mass is 19.4. The third kappa shape index (κ3) is 8.90. The number of alkyl halides is 3. The second-order valence-corrected chi connectivity index (χ2v) is 14.5. The van der Waals surface area contributed by atoms with Gasteiger partial charge in [-0.1, -0.05) is 70.9 Å². The fourth-order valence-electron chi connectivity index (χ4n) is 7.34. The second kappa shape index (κ2) is 16.5. The normalized spacial score (nSPS) is 19.2. The quantitative estimate of drug-likeness (QED) is 0.135. The molecule has 1 aliphatic carbocycles. The molecule has 2 aromatic carbocycles. The zero-order valence-electron chi connectivity index (χ0n) is 30.4. The lowest BCUT2D eigenvalue weighted by molar-refractivity contribution is -0.139. The Labute approximate surface area is 305 Å². The summed E-state index contributed by atoms with van der Waals surface area (Å²) in [4.78, 5) is 59.0. The van der Waals surface area contributed by atoms with E-state index in [1.54, 1.807) is 12.1 Å². The number of hydrogen-bond acceptors (Lipinski definition) is 7. The fraction of sp³-hybridized carbons (Fsp3) is 0.513. The number of aromatic nitrogens is 1. The molecule has 0 saturated heterocycles. The van der Waals surface area contributed by atoms with E-state index in [4.69, 9.17) is 0 Å². The Kier molecular flexibility index (Phi) is 12.3. The highest BCUT2D eigenvalue weighted by Crippen LogP contribution is 2.41. The molecule has 284 valence electrons. The Morgan fingerprint density at radius 1 is 0.943 bits per heavy atom. The molecular formula is C39H46F4N6O4. The van der Waals surface area contributed by atoms with Gasteiger partial charge >= 0.3 is 6.18 Å². The Bertz CT molecular complexity index is 1920. The lowest BCUT2D eigenvalue weighted by Crippen LogP contribution is -2.60. The lowest BCUT2D eigenvalue weighted by atomic mass is 9.72. The van der Waals surface area contributed by atoms with E-state index in [0.29, 0.717) is 35.2 Å². The molecule has 0 bridgehead atoms. The van der Waals surface area contributed by atoms with Crippen LogP contribution in [0.1, 0.15) is 82.2 Å². The van der Waals surface area contributed by atoms with E-state index in [1.165, 1.54) is 24.3 Å². The Balaban J connectivity index is 1.49. The molecule has 53 heavy (non-hydrogen) atoms. The average molecular weight is 739 g/mol. The first-order chi connectivity index (χ1) is 25.2. The molecule has 0 saturated carbocycles. The number of halogens is 4. The van der Waals surface area contributed by atoms with Crippen molar-refractivity contribution in [2.45, 2.75) is 90.8 Å². The molecule has 2 amide bonds. The molecule has 1 aliphatic heterocycles. The van der Waals surface area contributed by atoms with E-state index >= 15 is 0 Å². The first-order valence-corrected chi connectivity index (χ1v) is 18.2. The van der Waals surface area contributed by atoms with Crippen LogP contribution in [0.3, 0.4) is 0 Å². The zero-order valence-corrected chi connectivity index (χ0v) is 30.4. The topological polar surface area (TPSA) is 145 Å². The lowest BCUT2D eigenvalue weighted by Gasteiger charge is -2.39. The maximum Gasteiger partial charge on any atom is 0.418 e.